The molecule has 1 unspecified atom stereocenters. The molecule has 0 bridgehead atoms. The second-order valence-corrected chi connectivity index (χ2v) is 5.96. The maximum atomic E-state index is 4.44. The van der Waals surface area contributed by atoms with Crippen LogP contribution in [0.15, 0.2) is 34.0 Å². The van der Waals surface area contributed by atoms with Crippen LogP contribution in [0.4, 0.5) is 0 Å². The van der Waals surface area contributed by atoms with E-state index in [1.807, 2.05) is 12.3 Å². The molecule has 0 aliphatic carbocycles. The van der Waals surface area contributed by atoms with E-state index in [1.54, 1.807) is 18.1 Å². The highest BCUT2D eigenvalue weighted by Gasteiger charge is 2.06. The molecule has 2 heterocycles. The van der Waals surface area contributed by atoms with Gasteiger partial charge in [0.05, 0.1) is 0 Å². The van der Waals surface area contributed by atoms with Gasteiger partial charge in [0.2, 0.25) is 0 Å². The molecule has 6 heteroatoms. The van der Waals surface area contributed by atoms with Crippen molar-refractivity contribution in [1.29, 1.82) is 0 Å². The summed E-state index contributed by atoms with van der Waals surface area (Å²) in [5.41, 5.74) is 1.21. The van der Waals surface area contributed by atoms with Crippen molar-refractivity contribution in [3.63, 3.8) is 0 Å². The van der Waals surface area contributed by atoms with E-state index < -0.39 is 0 Å². The molecule has 0 radical (unpaired) electrons. The molecule has 0 spiro atoms. The van der Waals surface area contributed by atoms with Crippen molar-refractivity contribution in [2.75, 3.05) is 6.54 Å². The fraction of sp³-hybridized carbons (Fsp3) is 0.417. The Kier molecular flexibility index (Phi) is 5.10. The van der Waals surface area contributed by atoms with E-state index in [1.165, 1.54) is 17.1 Å². The van der Waals surface area contributed by atoms with Gasteiger partial charge in [0, 0.05) is 12.2 Å². The Balaban J connectivity index is 1.96. The fourth-order valence-electron chi connectivity index (χ4n) is 1.48. The van der Waals surface area contributed by atoms with Crippen LogP contribution in [0.3, 0.4) is 0 Å². The van der Waals surface area contributed by atoms with Gasteiger partial charge in [-0.15, -0.1) is 0 Å². The zero-order valence-electron chi connectivity index (χ0n) is 10.5. The summed E-state index contributed by atoms with van der Waals surface area (Å²) in [5.74, 6) is 0. The molecule has 0 aliphatic heterocycles. The quantitative estimate of drug-likeness (QED) is 0.881. The minimum atomic E-state index is 0.345. The minimum Gasteiger partial charge on any atom is -0.310 e. The summed E-state index contributed by atoms with van der Waals surface area (Å²) in [4.78, 5) is 8.57. The van der Waals surface area contributed by atoms with Gasteiger partial charge in [0.1, 0.15) is 11.4 Å². The third kappa shape index (κ3) is 3.76. The number of aromatic nitrogens is 3. The van der Waals surface area contributed by atoms with E-state index in [9.17, 15) is 0 Å². The van der Waals surface area contributed by atoms with Gasteiger partial charge >= 0.3 is 0 Å². The standard InChI is InChI=1S/C12H16N4S2/c1-3-6-13-9(2)10-4-5-11(14-7-10)17-12-15-8-16-18-12/h4-5,7-9,13H,3,6H2,1-2H3. The second-order valence-electron chi connectivity index (χ2n) is 3.91. The van der Waals surface area contributed by atoms with E-state index in [0.717, 1.165) is 22.3 Å². The van der Waals surface area contributed by atoms with Crippen LogP contribution in [-0.4, -0.2) is 20.9 Å². The minimum absolute atomic E-state index is 0.345. The molecule has 2 aromatic rings. The van der Waals surface area contributed by atoms with E-state index in [4.69, 9.17) is 0 Å². The molecule has 0 fully saturated rings. The summed E-state index contributed by atoms with van der Waals surface area (Å²) >= 11 is 2.93. The first-order chi connectivity index (χ1) is 8.79. The van der Waals surface area contributed by atoms with E-state index >= 15 is 0 Å². The number of pyridine rings is 1. The second kappa shape index (κ2) is 6.82. The van der Waals surface area contributed by atoms with E-state index in [0.29, 0.717) is 6.04 Å². The van der Waals surface area contributed by atoms with Gasteiger partial charge in [0.15, 0.2) is 4.34 Å². The van der Waals surface area contributed by atoms with Crippen LogP contribution in [-0.2, 0) is 0 Å². The SMILES string of the molecule is CCCNC(C)c1ccc(Sc2ncns2)nc1. The van der Waals surface area contributed by atoms with Crippen LogP contribution in [0, 0.1) is 0 Å². The van der Waals surface area contributed by atoms with Crippen LogP contribution in [0.5, 0.6) is 0 Å². The van der Waals surface area contributed by atoms with E-state index in [-0.39, 0.29) is 0 Å². The molecule has 18 heavy (non-hydrogen) atoms. The molecule has 0 saturated heterocycles. The summed E-state index contributed by atoms with van der Waals surface area (Å²) in [6.45, 7) is 5.35. The Morgan fingerprint density at radius 2 is 2.28 bits per heavy atom. The Morgan fingerprint density at radius 1 is 1.39 bits per heavy atom. The molecular formula is C12H16N4S2. The number of rotatable bonds is 6. The molecule has 1 N–H and O–H groups in total. The summed E-state index contributed by atoms with van der Waals surface area (Å²) in [6.07, 6.45) is 4.64. The van der Waals surface area contributed by atoms with Crippen molar-refractivity contribution in [2.45, 2.75) is 35.7 Å². The first-order valence-corrected chi connectivity index (χ1v) is 7.52. The van der Waals surface area contributed by atoms with Crippen LogP contribution < -0.4 is 5.32 Å². The van der Waals surface area contributed by atoms with Crippen molar-refractivity contribution in [3.05, 3.63) is 30.2 Å². The lowest BCUT2D eigenvalue weighted by Crippen LogP contribution is -2.19. The van der Waals surface area contributed by atoms with Gasteiger partial charge in [0.25, 0.3) is 0 Å². The lowest BCUT2D eigenvalue weighted by atomic mass is 10.1. The van der Waals surface area contributed by atoms with E-state index in [2.05, 4.69) is 39.6 Å². The average Bonchev–Trinajstić information content (AvgIpc) is 2.89. The van der Waals surface area contributed by atoms with Crippen LogP contribution >= 0.6 is 23.3 Å². The maximum absolute atomic E-state index is 4.44. The Bertz CT molecular complexity index is 455. The lowest BCUT2D eigenvalue weighted by Gasteiger charge is -2.13. The average molecular weight is 280 g/mol. The molecule has 0 saturated carbocycles. The topological polar surface area (TPSA) is 50.7 Å². The molecule has 0 amide bonds. The van der Waals surface area contributed by atoms with Crippen molar-refractivity contribution >= 4 is 23.3 Å². The number of nitrogens with one attached hydrogen (secondary N) is 1. The predicted octanol–water partition coefficient (Wildman–Crippen LogP) is 3.14. The third-order valence-electron chi connectivity index (χ3n) is 2.49. The summed E-state index contributed by atoms with van der Waals surface area (Å²) in [5, 5.41) is 4.40. The monoisotopic (exact) mass is 280 g/mol. The molecule has 4 nitrogen and oxygen atoms in total. The molecule has 96 valence electrons. The van der Waals surface area contributed by atoms with Gasteiger partial charge in [-0.1, -0.05) is 13.0 Å². The highest BCUT2D eigenvalue weighted by Crippen LogP contribution is 2.26. The first kappa shape index (κ1) is 13.5. The highest BCUT2D eigenvalue weighted by atomic mass is 32.2. The molecule has 0 aliphatic rings. The van der Waals surface area contributed by atoms with Gasteiger partial charge in [-0.05, 0) is 54.8 Å². The van der Waals surface area contributed by atoms with Crippen molar-refractivity contribution < 1.29 is 0 Å². The van der Waals surface area contributed by atoms with Crippen LogP contribution in [0.2, 0.25) is 0 Å². The Morgan fingerprint density at radius 3 is 2.89 bits per heavy atom. The molecule has 0 aromatic carbocycles. The highest BCUT2D eigenvalue weighted by molar-refractivity contribution is 8.00. The molecule has 2 aromatic heterocycles. The van der Waals surface area contributed by atoms with Crippen LogP contribution in [0.25, 0.3) is 0 Å². The Labute approximate surface area is 115 Å². The fourth-order valence-corrected chi connectivity index (χ4v) is 2.82. The van der Waals surface area contributed by atoms with Gasteiger partial charge < -0.3 is 5.32 Å². The molecule has 1 atom stereocenters. The third-order valence-corrected chi connectivity index (χ3v) is 4.16. The number of hydrogen-bond acceptors (Lipinski definition) is 6. The van der Waals surface area contributed by atoms with Gasteiger partial charge in [-0.3, -0.25) is 0 Å². The lowest BCUT2D eigenvalue weighted by molar-refractivity contribution is 0.568. The first-order valence-electron chi connectivity index (χ1n) is 5.93. The maximum Gasteiger partial charge on any atom is 0.175 e. The predicted molar refractivity (Wildman–Crippen MR) is 75.0 cm³/mol. The van der Waals surface area contributed by atoms with Crippen molar-refractivity contribution in [1.82, 2.24) is 19.7 Å². The Hall–Kier alpha value is -0.980. The number of hydrogen-bond donors (Lipinski definition) is 1. The number of nitrogens with zero attached hydrogens (tertiary/aromatic N) is 3. The summed E-state index contributed by atoms with van der Waals surface area (Å²) in [7, 11) is 0. The zero-order valence-corrected chi connectivity index (χ0v) is 12.1. The summed E-state index contributed by atoms with van der Waals surface area (Å²) in [6, 6.07) is 4.49. The zero-order chi connectivity index (χ0) is 12.8. The largest absolute Gasteiger partial charge is 0.310 e. The van der Waals surface area contributed by atoms with Crippen LogP contribution in [0.1, 0.15) is 31.9 Å². The van der Waals surface area contributed by atoms with Gasteiger partial charge in [-0.2, -0.15) is 4.37 Å². The summed E-state index contributed by atoms with van der Waals surface area (Å²) < 4.78 is 4.89. The normalized spacial score (nSPS) is 12.6. The van der Waals surface area contributed by atoms with Gasteiger partial charge in [-0.25, -0.2) is 9.97 Å². The molecular weight excluding hydrogens is 264 g/mol. The van der Waals surface area contributed by atoms with Crippen molar-refractivity contribution in [3.8, 4) is 0 Å². The molecule has 2 rings (SSSR count). The van der Waals surface area contributed by atoms with Crippen molar-refractivity contribution in [2.24, 2.45) is 0 Å². The smallest absolute Gasteiger partial charge is 0.175 e.